The van der Waals surface area contributed by atoms with E-state index in [9.17, 15) is 0 Å². The Morgan fingerprint density at radius 2 is 1.38 bits per heavy atom. The van der Waals surface area contributed by atoms with Crippen molar-refractivity contribution in [3.05, 3.63) is 120 Å². The molecule has 5 aromatic rings. The Morgan fingerprint density at radius 3 is 2.09 bits per heavy atom. The highest BCUT2D eigenvalue weighted by atomic mass is 15.0. The molecule has 1 aliphatic carbocycles. The molecular weight excluding hydrogens is 388 g/mol. The molecule has 6 rings (SSSR count). The minimum Gasteiger partial charge on any atom is -0.167 e. The summed E-state index contributed by atoms with van der Waals surface area (Å²) in [6.45, 7) is 6.92. The van der Waals surface area contributed by atoms with Crippen molar-refractivity contribution >= 4 is 10.8 Å². The topological polar surface area (TPSA) is 7.76 Å². The standard InChI is InChI=1S/C30H26N2/c1-21-18-27-26-15-14-22-19-31(23-10-6-4-7-11-23)17-16-25(22)29(26)30(2,3)28(27)20-32(21)24-12-8-5-9-13-24/h4-20H,1-3H3/q+2. The predicted molar refractivity (Wildman–Crippen MR) is 129 cm³/mol. The Balaban J connectivity index is 1.55. The van der Waals surface area contributed by atoms with Gasteiger partial charge in [0.2, 0.25) is 11.4 Å². The summed E-state index contributed by atoms with van der Waals surface area (Å²) >= 11 is 0. The van der Waals surface area contributed by atoms with E-state index >= 15 is 0 Å². The van der Waals surface area contributed by atoms with Gasteiger partial charge in [-0.1, -0.05) is 56.3 Å². The van der Waals surface area contributed by atoms with Crippen molar-refractivity contribution in [3.8, 4) is 22.5 Å². The molecule has 0 amide bonds. The summed E-state index contributed by atoms with van der Waals surface area (Å²) in [5.74, 6) is 0. The number of aromatic nitrogens is 2. The number of aryl methyl sites for hydroxylation is 1. The molecule has 2 heteroatoms. The molecular formula is C30H26N2+2. The smallest absolute Gasteiger partial charge is 0.167 e. The largest absolute Gasteiger partial charge is 0.210 e. The number of hydrogen-bond donors (Lipinski definition) is 0. The third kappa shape index (κ3) is 2.73. The second-order valence-electron chi connectivity index (χ2n) is 9.25. The van der Waals surface area contributed by atoms with Crippen molar-refractivity contribution in [1.29, 1.82) is 0 Å². The molecule has 0 radical (unpaired) electrons. The fourth-order valence-electron chi connectivity index (χ4n) is 5.31. The molecule has 0 unspecified atom stereocenters. The lowest BCUT2D eigenvalue weighted by Crippen LogP contribution is -2.35. The Morgan fingerprint density at radius 1 is 0.688 bits per heavy atom. The molecule has 32 heavy (non-hydrogen) atoms. The first-order valence-corrected chi connectivity index (χ1v) is 11.2. The molecule has 0 bridgehead atoms. The Hall–Kier alpha value is -3.78. The highest BCUT2D eigenvalue weighted by Crippen LogP contribution is 2.50. The van der Waals surface area contributed by atoms with Gasteiger partial charge in [0.05, 0.1) is 0 Å². The molecule has 0 saturated carbocycles. The van der Waals surface area contributed by atoms with Crippen LogP contribution in [0.25, 0.3) is 33.3 Å². The van der Waals surface area contributed by atoms with Gasteiger partial charge >= 0.3 is 0 Å². The average molecular weight is 415 g/mol. The number of benzene rings is 3. The van der Waals surface area contributed by atoms with E-state index in [-0.39, 0.29) is 5.41 Å². The van der Waals surface area contributed by atoms with Gasteiger partial charge in [0.15, 0.2) is 24.3 Å². The molecule has 2 nitrogen and oxygen atoms in total. The van der Waals surface area contributed by atoms with Crippen LogP contribution in [-0.2, 0) is 5.41 Å². The van der Waals surface area contributed by atoms with E-state index in [1.54, 1.807) is 0 Å². The van der Waals surface area contributed by atoms with Crippen LogP contribution in [0.4, 0.5) is 0 Å². The second-order valence-corrected chi connectivity index (χ2v) is 9.25. The van der Waals surface area contributed by atoms with E-state index in [4.69, 9.17) is 0 Å². The lowest BCUT2D eigenvalue weighted by atomic mass is 9.81. The van der Waals surface area contributed by atoms with Crippen molar-refractivity contribution in [3.63, 3.8) is 0 Å². The maximum atomic E-state index is 2.36. The van der Waals surface area contributed by atoms with Gasteiger partial charge in [-0.2, -0.15) is 9.13 Å². The molecule has 0 atom stereocenters. The van der Waals surface area contributed by atoms with Crippen LogP contribution < -0.4 is 9.13 Å². The molecule has 1 aliphatic rings. The van der Waals surface area contributed by atoms with Gasteiger partial charge in [-0.25, -0.2) is 0 Å². The third-order valence-corrected chi connectivity index (χ3v) is 6.92. The number of fused-ring (bicyclic) bond motifs is 5. The molecule has 2 heterocycles. The normalized spacial score (nSPS) is 13.7. The van der Waals surface area contributed by atoms with Gasteiger partial charge in [-0.15, -0.1) is 0 Å². The first kappa shape index (κ1) is 18.9. The van der Waals surface area contributed by atoms with Crippen molar-refractivity contribution in [2.75, 3.05) is 0 Å². The third-order valence-electron chi connectivity index (χ3n) is 6.92. The maximum absolute atomic E-state index is 2.36. The van der Waals surface area contributed by atoms with Crippen molar-refractivity contribution < 1.29 is 9.13 Å². The fourth-order valence-corrected chi connectivity index (χ4v) is 5.31. The van der Waals surface area contributed by atoms with Gasteiger partial charge in [0.25, 0.3) is 0 Å². The molecule has 2 aromatic heterocycles. The van der Waals surface area contributed by atoms with Gasteiger partial charge in [-0.3, -0.25) is 0 Å². The monoisotopic (exact) mass is 414 g/mol. The molecule has 154 valence electrons. The lowest BCUT2D eigenvalue weighted by molar-refractivity contribution is -0.603. The van der Waals surface area contributed by atoms with E-state index in [2.05, 4.69) is 133 Å². The molecule has 3 aromatic carbocycles. The SMILES string of the molecule is Cc1cc2c(c[n+]1-c1ccccc1)C(C)(C)c1c-2ccc2c[n+](-c3ccccc3)ccc12. The zero-order valence-corrected chi connectivity index (χ0v) is 18.7. The average Bonchev–Trinajstić information content (AvgIpc) is 3.05. The van der Waals surface area contributed by atoms with Crippen molar-refractivity contribution in [2.45, 2.75) is 26.2 Å². The summed E-state index contributed by atoms with van der Waals surface area (Å²) in [6.07, 6.45) is 6.78. The summed E-state index contributed by atoms with van der Waals surface area (Å²) in [5, 5.41) is 2.60. The Kier molecular flexibility index (Phi) is 4.06. The van der Waals surface area contributed by atoms with Crippen molar-refractivity contribution in [1.82, 2.24) is 0 Å². The van der Waals surface area contributed by atoms with E-state index in [0.717, 1.165) is 0 Å². The Bertz CT molecular complexity index is 1480. The van der Waals surface area contributed by atoms with Crippen LogP contribution in [0.2, 0.25) is 0 Å². The number of hydrogen-bond acceptors (Lipinski definition) is 0. The first-order valence-electron chi connectivity index (χ1n) is 11.2. The van der Waals surface area contributed by atoms with Gasteiger partial charge in [-0.05, 0) is 28.1 Å². The number of nitrogens with zero attached hydrogens (tertiary/aromatic N) is 2. The van der Waals surface area contributed by atoms with Crippen LogP contribution in [-0.4, -0.2) is 0 Å². The van der Waals surface area contributed by atoms with E-state index < -0.39 is 0 Å². The van der Waals surface area contributed by atoms with Crippen LogP contribution in [0.5, 0.6) is 0 Å². The molecule has 0 saturated heterocycles. The minimum atomic E-state index is -0.0761. The van der Waals surface area contributed by atoms with Crippen LogP contribution in [0.1, 0.15) is 30.7 Å². The maximum Gasteiger partial charge on any atom is 0.210 e. The minimum absolute atomic E-state index is 0.0761. The van der Waals surface area contributed by atoms with E-state index in [0.29, 0.717) is 0 Å². The fraction of sp³-hybridized carbons (Fsp3) is 0.133. The predicted octanol–water partition coefficient (Wildman–Crippen LogP) is 6.01. The number of pyridine rings is 2. The molecule has 0 aliphatic heterocycles. The highest BCUT2D eigenvalue weighted by Gasteiger charge is 2.40. The summed E-state index contributed by atoms with van der Waals surface area (Å²) < 4.78 is 4.52. The quantitative estimate of drug-likeness (QED) is 0.313. The lowest BCUT2D eigenvalue weighted by Gasteiger charge is -2.21. The van der Waals surface area contributed by atoms with Gasteiger partial charge in [0.1, 0.15) is 0 Å². The van der Waals surface area contributed by atoms with Gasteiger partial charge < -0.3 is 0 Å². The molecule has 0 spiro atoms. The zero-order chi connectivity index (χ0) is 21.9. The molecule has 0 N–H and O–H groups in total. The number of rotatable bonds is 2. The van der Waals surface area contributed by atoms with Crippen LogP contribution in [0.3, 0.4) is 0 Å². The van der Waals surface area contributed by atoms with Crippen molar-refractivity contribution in [2.24, 2.45) is 0 Å². The van der Waals surface area contributed by atoms with Gasteiger partial charge in [0, 0.05) is 59.7 Å². The van der Waals surface area contributed by atoms with Crippen LogP contribution >= 0.6 is 0 Å². The summed E-state index contributed by atoms with van der Waals surface area (Å²) in [5.41, 5.74) is 9.08. The Labute approximate surface area is 189 Å². The van der Waals surface area contributed by atoms with E-state index in [1.165, 1.54) is 50.1 Å². The first-order chi connectivity index (χ1) is 15.5. The second kappa shape index (κ2) is 6.86. The van der Waals surface area contributed by atoms with E-state index in [1.807, 2.05) is 0 Å². The summed E-state index contributed by atoms with van der Waals surface area (Å²) in [7, 11) is 0. The summed E-state index contributed by atoms with van der Waals surface area (Å²) in [4.78, 5) is 0. The highest BCUT2D eigenvalue weighted by molar-refractivity contribution is 5.96. The number of para-hydroxylation sites is 2. The summed E-state index contributed by atoms with van der Waals surface area (Å²) in [6, 6.07) is 30.4. The molecule has 0 fully saturated rings. The van der Waals surface area contributed by atoms with Crippen LogP contribution in [0.15, 0.2) is 104 Å². The zero-order valence-electron chi connectivity index (χ0n) is 18.7. The van der Waals surface area contributed by atoms with Crippen LogP contribution in [0, 0.1) is 6.92 Å².